The second-order valence-corrected chi connectivity index (χ2v) is 6.51. The van der Waals surface area contributed by atoms with Gasteiger partial charge in [-0.05, 0) is 36.8 Å². The lowest BCUT2D eigenvalue weighted by molar-refractivity contribution is 0.0681. The molecule has 0 unspecified atom stereocenters. The van der Waals surface area contributed by atoms with Crippen molar-refractivity contribution in [2.24, 2.45) is 0 Å². The van der Waals surface area contributed by atoms with E-state index >= 15 is 0 Å². The van der Waals surface area contributed by atoms with Crippen molar-refractivity contribution in [3.8, 4) is 11.5 Å². The molecule has 6 heteroatoms. The molecule has 2 rings (SSSR count). The van der Waals surface area contributed by atoms with Gasteiger partial charge in [-0.3, -0.25) is 4.79 Å². The molecular formula is C22H24O6. The highest BCUT2D eigenvalue weighted by molar-refractivity contribution is 6.01. The number of carbonyl (C=O) groups excluding carboxylic acids is 2. The Morgan fingerprint density at radius 3 is 2.32 bits per heavy atom. The number of ether oxygens (including phenoxy) is 1. The van der Waals surface area contributed by atoms with E-state index in [0.29, 0.717) is 6.42 Å². The lowest BCUT2D eigenvalue weighted by Gasteiger charge is -2.10. The van der Waals surface area contributed by atoms with Crippen molar-refractivity contribution in [2.45, 2.75) is 45.4 Å². The molecule has 2 N–H and O–H groups in total. The van der Waals surface area contributed by atoms with Gasteiger partial charge in [0.2, 0.25) is 0 Å². The standard InChI is InChI=1S/C22H24O6/c1-2-3-4-5-6-10-18(23)15-12-13-20(17(14-15)21(25)26)28-22(27)16-9-7-8-11-19(16)24/h7-9,11-14,24H,2-6,10H2,1H3,(H,25,26). The number of rotatable bonds is 10. The normalized spacial score (nSPS) is 10.5. The molecule has 0 aliphatic heterocycles. The van der Waals surface area contributed by atoms with Crippen molar-refractivity contribution >= 4 is 17.7 Å². The molecule has 148 valence electrons. The molecule has 0 heterocycles. The first kappa shape index (κ1) is 21.2. The van der Waals surface area contributed by atoms with Crippen LogP contribution in [-0.4, -0.2) is 27.9 Å². The number of phenolic OH excluding ortho intramolecular Hbond substituents is 1. The molecule has 2 aromatic rings. The van der Waals surface area contributed by atoms with Crippen molar-refractivity contribution in [1.29, 1.82) is 0 Å². The molecule has 0 atom stereocenters. The predicted molar refractivity (Wildman–Crippen MR) is 104 cm³/mol. The van der Waals surface area contributed by atoms with E-state index in [2.05, 4.69) is 6.92 Å². The third-order valence-corrected chi connectivity index (χ3v) is 4.37. The van der Waals surface area contributed by atoms with E-state index in [1.807, 2.05) is 0 Å². The van der Waals surface area contributed by atoms with Crippen molar-refractivity contribution in [2.75, 3.05) is 0 Å². The van der Waals surface area contributed by atoms with Crippen LogP contribution < -0.4 is 4.74 Å². The fourth-order valence-corrected chi connectivity index (χ4v) is 2.79. The molecular weight excluding hydrogens is 360 g/mol. The van der Waals surface area contributed by atoms with Gasteiger partial charge in [-0.25, -0.2) is 9.59 Å². The van der Waals surface area contributed by atoms with Gasteiger partial charge in [-0.2, -0.15) is 0 Å². The predicted octanol–water partition coefficient (Wildman–Crippen LogP) is 4.85. The summed E-state index contributed by atoms with van der Waals surface area (Å²) in [6, 6.07) is 9.78. The number of aromatic hydroxyl groups is 1. The molecule has 0 saturated carbocycles. The quantitative estimate of drug-likeness (QED) is 0.263. The van der Waals surface area contributed by atoms with Crippen LogP contribution in [-0.2, 0) is 0 Å². The summed E-state index contributed by atoms with van der Waals surface area (Å²) in [6.07, 6.45) is 5.39. The maximum atomic E-state index is 12.3. The van der Waals surface area contributed by atoms with Crippen LogP contribution >= 0.6 is 0 Å². The van der Waals surface area contributed by atoms with Crippen LogP contribution in [0.15, 0.2) is 42.5 Å². The number of para-hydroxylation sites is 1. The molecule has 0 spiro atoms. The van der Waals surface area contributed by atoms with Gasteiger partial charge in [0.15, 0.2) is 5.78 Å². The zero-order valence-corrected chi connectivity index (χ0v) is 15.8. The molecule has 0 aliphatic rings. The summed E-state index contributed by atoms with van der Waals surface area (Å²) in [4.78, 5) is 36.1. The zero-order valence-electron chi connectivity index (χ0n) is 15.8. The molecule has 6 nitrogen and oxygen atoms in total. The highest BCUT2D eigenvalue weighted by Crippen LogP contribution is 2.25. The van der Waals surface area contributed by atoms with Gasteiger partial charge in [0.1, 0.15) is 22.6 Å². The maximum Gasteiger partial charge on any atom is 0.347 e. The molecule has 28 heavy (non-hydrogen) atoms. The number of unbranched alkanes of at least 4 members (excludes halogenated alkanes) is 4. The van der Waals surface area contributed by atoms with Crippen LogP contribution in [0.2, 0.25) is 0 Å². The second-order valence-electron chi connectivity index (χ2n) is 6.51. The summed E-state index contributed by atoms with van der Waals surface area (Å²) in [5.41, 5.74) is -0.0816. The third kappa shape index (κ3) is 5.67. The second kappa shape index (κ2) is 10.3. The van der Waals surface area contributed by atoms with E-state index in [1.165, 1.54) is 30.3 Å². The summed E-state index contributed by atoms with van der Waals surface area (Å²) < 4.78 is 5.14. The molecule has 0 radical (unpaired) electrons. The topological polar surface area (TPSA) is 101 Å². The zero-order chi connectivity index (χ0) is 20.5. The Kier molecular flexibility index (Phi) is 7.75. The summed E-state index contributed by atoms with van der Waals surface area (Å²) >= 11 is 0. The Balaban J connectivity index is 2.12. The monoisotopic (exact) mass is 384 g/mol. The number of carbonyl (C=O) groups is 3. The number of ketones is 1. The van der Waals surface area contributed by atoms with Crippen LogP contribution in [0.4, 0.5) is 0 Å². The van der Waals surface area contributed by atoms with E-state index in [4.69, 9.17) is 4.74 Å². The number of phenols is 1. The number of benzene rings is 2. The maximum absolute atomic E-state index is 12.3. The molecule has 2 aromatic carbocycles. The minimum atomic E-state index is -1.31. The molecule has 0 saturated heterocycles. The lowest BCUT2D eigenvalue weighted by atomic mass is 10.0. The third-order valence-electron chi connectivity index (χ3n) is 4.37. The number of hydrogen-bond acceptors (Lipinski definition) is 5. The Morgan fingerprint density at radius 1 is 0.929 bits per heavy atom. The van der Waals surface area contributed by atoms with E-state index in [0.717, 1.165) is 32.1 Å². The first-order chi connectivity index (χ1) is 13.4. The first-order valence-electron chi connectivity index (χ1n) is 9.34. The van der Waals surface area contributed by atoms with Crippen LogP contribution in [0, 0.1) is 0 Å². The summed E-state index contributed by atoms with van der Waals surface area (Å²) in [5, 5.41) is 19.2. The minimum Gasteiger partial charge on any atom is -0.507 e. The average Bonchev–Trinajstić information content (AvgIpc) is 2.68. The fourth-order valence-electron chi connectivity index (χ4n) is 2.79. The fraction of sp³-hybridized carbons (Fsp3) is 0.318. The number of Topliss-reactive ketones (excluding diaryl/α,β-unsaturated/α-hetero) is 1. The van der Waals surface area contributed by atoms with Gasteiger partial charge in [-0.1, -0.05) is 44.7 Å². The molecule has 0 bridgehead atoms. The molecule has 0 aromatic heterocycles. The highest BCUT2D eigenvalue weighted by Gasteiger charge is 2.20. The van der Waals surface area contributed by atoms with Crippen molar-refractivity contribution in [3.63, 3.8) is 0 Å². The Morgan fingerprint density at radius 2 is 1.64 bits per heavy atom. The SMILES string of the molecule is CCCCCCCC(=O)c1ccc(OC(=O)c2ccccc2O)c(C(=O)O)c1. The summed E-state index contributed by atoms with van der Waals surface area (Å²) in [5.74, 6) is -2.77. The van der Waals surface area contributed by atoms with E-state index in [-0.39, 0.29) is 34.0 Å². The van der Waals surface area contributed by atoms with Gasteiger partial charge >= 0.3 is 11.9 Å². The van der Waals surface area contributed by atoms with Crippen LogP contribution in [0.25, 0.3) is 0 Å². The lowest BCUT2D eigenvalue weighted by Crippen LogP contribution is -2.12. The molecule has 0 fully saturated rings. The van der Waals surface area contributed by atoms with Crippen molar-refractivity contribution in [3.05, 3.63) is 59.2 Å². The Bertz CT molecular complexity index is 856. The Labute approximate surface area is 163 Å². The number of carboxylic acid groups (broad SMARTS) is 1. The number of esters is 1. The summed E-state index contributed by atoms with van der Waals surface area (Å²) in [6.45, 7) is 2.12. The van der Waals surface area contributed by atoms with Crippen LogP contribution in [0.5, 0.6) is 11.5 Å². The molecule has 0 aliphatic carbocycles. The van der Waals surface area contributed by atoms with Gasteiger partial charge in [0.05, 0.1) is 0 Å². The first-order valence-corrected chi connectivity index (χ1v) is 9.34. The van der Waals surface area contributed by atoms with Gasteiger partial charge in [0.25, 0.3) is 0 Å². The minimum absolute atomic E-state index is 0.0777. The van der Waals surface area contributed by atoms with E-state index < -0.39 is 11.9 Å². The number of hydrogen-bond donors (Lipinski definition) is 2. The summed E-state index contributed by atoms with van der Waals surface area (Å²) in [7, 11) is 0. The van der Waals surface area contributed by atoms with Crippen molar-refractivity contribution < 1.29 is 29.3 Å². The van der Waals surface area contributed by atoms with E-state index in [9.17, 15) is 24.6 Å². The Hall–Kier alpha value is -3.15. The number of aromatic carboxylic acids is 1. The number of carboxylic acids is 1. The van der Waals surface area contributed by atoms with Gasteiger partial charge in [0, 0.05) is 12.0 Å². The largest absolute Gasteiger partial charge is 0.507 e. The van der Waals surface area contributed by atoms with E-state index in [1.54, 1.807) is 12.1 Å². The molecule has 0 amide bonds. The van der Waals surface area contributed by atoms with Gasteiger partial charge in [-0.15, -0.1) is 0 Å². The van der Waals surface area contributed by atoms with Crippen LogP contribution in [0.3, 0.4) is 0 Å². The average molecular weight is 384 g/mol. The smallest absolute Gasteiger partial charge is 0.347 e. The van der Waals surface area contributed by atoms with Crippen molar-refractivity contribution in [1.82, 2.24) is 0 Å². The van der Waals surface area contributed by atoms with Gasteiger partial charge < -0.3 is 14.9 Å². The highest BCUT2D eigenvalue weighted by atomic mass is 16.5. The van der Waals surface area contributed by atoms with Crippen LogP contribution in [0.1, 0.15) is 76.5 Å².